The number of hydrogen-bond acceptors (Lipinski definition) is 3. The minimum Gasteiger partial charge on any atom is -0.464 e. The SMILES string of the molecule is CC(C)NCc1ccc(CSc2cccc(Br)c2)o1. The molecule has 0 aliphatic heterocycles. The van der Waals surface area contributed by atoms with Gasteiger partial charge in [-0.05, 0) is 30.3 Å². The number of furan rings is 1. The van der Waals surface area contributed by atoms with Gasteiger partial charge in [0.2, 0.25) is 0 Å². The maximum atomic E-state index is 5.79. The van der Waals surface area contributed by atoms with E-state index in [9.17, 15) is 0 Å². The van der Waals surface area contributed by atoms with Crippen LogP contribution in [0.2, 0.25) is 0 Å². The highest BCUT2D eigenvalue weighted by Crippen LogP contribution is 2.26. The number of nitrogens with one attached hydrogen (secondary N) is 1. The molecule has 0 saturated carbocycles. The Labute approximate surface area is 127 Å². The Morgan fingerprint density at radius 1 is 1.21 bits per heavy atom. The van der Waals surface area contributed by atoms with Crippen molar-refractivity contribution in [2.24, 2.45) is 0 Å². The molecule has 0 unspecified atom stereocenters. The monoisotopic (exact) mass is 339 g/mol. The summed E-state index contributed by atoms with van der Waals surface area (Å²) in [6.45, 7) is 5.05. The maximum Gasteiger partial charge on any atom is 0.118 e. The van der Waals surface area contributed by atoms with Gasteiger partial charge >= 0.3 is 0 Å². The Hall–Kier alpha value is -0.710. The molecule has 19 heavy (non-hydrogen) atoms. The second-order valence-corrected chi connectivity index (χ2v) is 6.61. The van der Waals surface area contributed by atoms with Gasteiger partial charge in [-0.25, -0.2) is 0 Å². The average Bonchev–Trinajstić information content (AvgIpc) is 2.82. The lowest BCUT2D eigenvalue weighted by atomic mass is 10.3. The van der Waals surface area contributed by atoms with E-state index in [1.807, 2.05) is 18.2 Å². The summed E-state index contributed by atoms with van der Waals surface area (Å²) in [4.78, 5) is 1.24. The van der Waals surface area contributed by atoms with Crippen molar-refractivity contribution in [3.63, 3.8) is 0 Å². The molecule has 0 aliphatic carbocycles. The molecule has 0 amide bonds. The highest BCUT2D eigenvalue weighted by atomic mass is 79.9. The fourth-order valence-corrected chi connectivity index (χ4v) is 3.01. The number of rotatable bonds is 6. The van der Waals surface area contributed by atoms with Crippen LogP contribution in [0.25, 0.3) is 0 Å². The Balaban J connectivity index is 1.86. The van der Waals surface area contributed by atoms with Crippen molar-refractivity contribution in [1.29, 1.82) is 0 Å². The Kier molecular flexibility index (Phi) is 5.55. The molecule has 0 radical (unpaired) electrons. The average molecular weight is 340 g/mol. The minimum atomic E-state index is 0.476. The summed E-state index contributed by atoms with van der Waals surface area (Å²) < 4.78 is 6.90. The van der Waals surface area contributed by atoms with E-state index in [0.29, 0.717) is 6.04 Å². The molecule has 2 nitrogen and oxygen atoms in total. The van der Waals surface area contributed by atoms with Crippen molar-refractivity contribution in [3.05, 3.63) is 52.4 Å². The van der Waals surface area contributed by atoms with Gasteiger partial charge in [0.1, 0.15) is 11.5 Å². The molecule has 1 N–H and O–H groups in total. The lowest BCUT2D eigenvalue weighted by Crippen LogP contribution is -2.21. The number of thioether (sulfide) groups is 1. The van der Waals surface area contributed by atoms with Gasteiger partial charge in [-0.15, -0.1) is 11.8 Å². The zero-order chi connectivity index (χ0) is 13.7. The van der Waals surface area contributed by atoms with E-state index in [1.165, 1.54) is 4.90 Å². The molecular formula is C15H18BrNOS. The van der Waals surface area contributed by atoms with Crippen molar-refractivity contribution in [2.75, 3.05) is 0 Å². The lowest BCUT2D eigenvalue weighted by Gasteiger charge is -2.05. The topological polar surface area (TPSA) is 25.2 Å². The highest BCUT2D eigenvalue weighted by Gasteiger charge is 2.04. The molecule has 0 atom stereocenters. The summed E-state index contributed by atoms with van der Waals surface area (Å²) in [6, 6.07) is 12.9. The molecule has 1 aromatic carbocycles. The number of halogens is 1. The van der Waals surface area contributed by atoms with Crippen LogP contribution in [0, 0.1) is 0 Å². The van der Waals surface area contributed by atoms with Crippen LogP contribution in [-0.2, 0) is 12.3 Å². The molecule has 1 heterocycles. The highest BCUT2D eigenvalue weighted by molar-refractivity contribution is 9.10. The number of benzene rings is 1. The Morgan fingerprint density at radius 3 is 2.74 bits per heavy atom. The van der Waals surface area contributed by atoms with Gasteiger partial charge in [-0.1, -0.05) is 35.8 Å². The molecule has 0 bridgehead atoms. The second-order valence-electron chi connectivity index (χ2n) is 4.65. The van der Waals surface area contributed by atoms with E-state index in [-0.39, 0.29) is 0 Å². The van der Waals surface area contributed by atoms with Crippen molar-refractivity contribution >= 4 is 27.7 Å². The molecule has 2 aromatic rings. The predicted octanol–water partition coefficient (Wildman–Crippen LogP) is 4.83. The van der Waals surface area contributed by atoms with Gasteiger partial charge in [0, 0.05) is 15.4 Å². The van der Waals surface area contributed by atoms with Gasteiger partial charge in [0.25, 0.3) is 0 Å². The van der Waals surface area contributed by atoms with Gasteiger partial charge < -0.3 is 9.73 Å². The summed E-state index contributed by atoms with van der Waals surface area (Å²) in [6.07, 6.45) is 0. The summed E-state index contributed by atoms with van der Waals surface area (Å²) in [5.74, 6) is 2.88. The van der Waals surface area contributed by atoms with Crippen LogP contribution in [0.15, 0.2) is 50.2 Å². The van der Waals surface area contributed by atoms with E-state index in [2.05, 4.69) is 53.3 Å². The third kappa shape index (κ3) is 5.05. The third-order valence-electron chi connectivity index (χ3n) is 2.58. The molecule has 4 heteroatoms. The van der Waals surface area contributed by atoms with Gasteiger partial charge in [0.15, 0.2) is 0 Å². The van der Waals surface area contributed by atoms with Crippen LogP contribution in [0.1, 0.15) is 25.4 Å². The fraction of sp³-hybridized carbons (Fsp3) is 0.333. The molecule has 102 valence electrons. The molecular weight excluding hydrogens is 322 g/mol. The Bertz CT molecular complexity index is 524. The largest absolute Gasteiger partial charge is 0.464 e. The van der Waals surface area contributed by atoms with E-state index in [4.69, 9.17) is 4.42 Å². The quantitative estimate of drug-likeness (QED) is 0.763. The first kappa shape index (κ1) is 14.7. The minimum absolute atomic E-state index is 0.476. The molecule has 0 spiro atoms. The van der Waals surface area contributed by atoms with Crippen LogP contribution in [0.5, 0.6) is 0 Å². The van der Waals surface area contributed by atoms with Gasteiger partial charge in [0.05, 0.1) is 12.3 Å². The summed E-state index contributed by atoms with van der Waals surface area (Å²) in [7, 11) is 0. The van der Waals surface area contributed by atoms with Crippen LogP contribution in [0.4, 0.5) is 0 Å². The summed E-state index contributed by atoms with van der Waals surface area (Å²) >= 11 is 5.26. The smallest absolute Gasteiger partial charge is 0.118 e. The Morgan fingerprint density at radius 2 is 2.00 bits per heavy atom. The van der Waals surface area contributed by atoms with Crippen LogP contribution >= 0.6 is 27.7 Å². The molecule has 1 aromatic heterocycles. The lowest BCUT2D eigenvalue weighted by molar-refractivity contribution is 0.445. The first-order chi connectivity index (χ1) is 9.13. The van der Waals surface area contributed by atoms with E-state index < -0.39 is 0 Å². The van der Waals surface area contributed by atoms with Crippen molar-refractivity contribution in [1.82, 2.24) is 5.32 Å². The predicted molar refractivity (Wildman–Crippen MR) is 84.4 cm³/mol. The zero-order valence-corrected chi connectivity index (χ0v) is 13.6. The first-order valence-corrected chi connectivity index (χ1v) is 8.10. The van der Waals surface area contributed by atoms with Gasteiger partial charge in [-0.3, -0.25) is 0 Å². The van der Waals surface area contributed by atoms with Crippen molar-refractivity contribution < 1.29 is 4.42 Å². The van der Waals surface area contributed by atoms with Crippen LogP contribution < -0.4 is 5.32 Å². The van der Waals surface area contributed by atoms with E-state index >= 15 is 0 Å². The normalized spacial score (nSPS) is 11.2. The van der Waals surface area contributed by atoms with Crippen LogP contribution in [0.3, 0.4) is 0 Å². The van der Waals surface area contributed by atoms with E-state index in [1.54, 1.807) is 11.8 Å². The molecule has 0 saturated heterocycles. The fourth-order valence-electron chi connectivity index (χ4n) is 1.61. The third-order valence-corrected chi connectivity index (χ3v) is 4.09. The van der Waals surface area contributed by atoms with Gasteiger partial charge in [-0.2, -0.15) is 0 Å². The van der Waals surface area contributed by atoms with Crippen LogP contribution in [-0.4, -0.2) is 6.04 Å². The maximum absolute atomic E-state index is 5.79. The molecule has 0 fully saturated rings. The summed E-state index contributed by atoms with van der Waals surface area (Å²) in [5.41, 5.74) is 0. The molecule has 0 aliphatic rings. The van der Waals surface area contributed by atoms with Crippen molar-refractivity contribution in [3.8, 4) is 0 Å². The molecule has 2 rings (SSSR count). The zero-order valence-electron chi connectivity index (χ0n) is 11.2. The van der Waals surface area contributed by atoms with E-state index in [0.717, 1.165) is 28.3 Å². The second kappa shape index (κ2) is 7.17. The summed E-state index contributed by atoms with van der Waals surface area (Å²) in [5, 5.41) is 3.35. The number of hydrogen-bond donors (Lipinski definition) is 1. The standard InChI is InChI=1S/C15H18BrNOS/c1-11(2)17-9-13-6-7-14(18-13)10-19-15-5-3-4-12(16)8-15/h3-8,11,17H,9-10H2,1-2H3. The van der Waals surface area contributed by atoms with Crippen molar-refractivity contribution in [2.45, 2.75) is 37.1 Å². The first-order valence-electron chi connectivity index (χ1n) is 6.33.